The van der Waals surface area contributed by atoms with Gasteiger partial charge in [-0.25, -0.2) is 4.98 Å². The van der Waals surface area contributed by atoms with Crippen molar-refractivity contribution in [2.75, 3.05) is 52.7 Å². The summed E-state index contributed by atoms with van der Waals surface area (Å²) in [7, 11) is 0. The van der Waals surface area contributed by atoms with E-state index in [1.54, 1.807) is 12.4 Å². The number of aromatic nitrogens is 2. The van der Waals surface area contributed by atoms with Gasteiger partial charge in [-0.3, -0.25) is 9.78 Å². The van der Waals surface area contributed by atoms with E-state index in [0.29, 0.717) is 12.6 Å². The predicted octanol–water partition coefficient (Wildman–Crippen LogP) is 3.66. The van der Waals surface area contributed by atoms with Crippen LogP contribution in [0.4, 0.5) is 22.9 Å². The second-order valence-electron chi connectivity index (χ2n) is 10.2. The summed E-state index contributed by atoms with van der Waals surface area (Å²) in [6, 6.07) is 12.4. The van der Waals surface area contributed by atoms with Crippen molar-refractivity contribution >= 4 is 28.8 Å². The van der Waals surface area contributed by atoms with Crippen molar-refractivity contribution in [2.24, 2.45) is 5.73 Å². The Kier molecular flexibility index (Phi) is 7.17. The van der Waals surface area contributed by atoms with Gasteiger partial charge in [0, 0.05) is 68.2 Å². The Morgan fingerprint density at radius 1 is 0.973 bits per heavy atom. The van der Waals surface area contributed by atoms with Crippen LogP contribution in [-0.2, 0) is 4.79 Å². The van der Waals surface area contributed by atoms with Crippen molar-refractivity contribution in [3.8, 4) is 0 Å². The minimum atomic E-state index is -0.377. The van der Waals surface area contributed by atoms with Gasteiger partial charge >= 0.3 is 0 Å². The fourth-order valence-electron chi connectivity index (χ4n) is 5.95. The quantitative estimate of drug-likeness (QED) is 0.535. The summed E-state index contributed by atoms with van der Waals surface area (Å²) >= 11 is 0. The van der Waals surface area contributed by atoms with Crippen molar-refractivity contribution in [1.82, 2.24) is 9.97 Å². The van der Waals surface area contributed by atoms with Gasteiger partial charge in [-0.05, 0) is 62.4 Å². The zero-order valence-corrected chi connectivity index (χ0v) is 22.0. The van der Waals surface area contributed by atoms with Gasteiger partial charge in [0.1, 0.15) is 11.9 Å². The van der Waals surface area contributed by atoms with Crippen LogP contribution < -0.4 is 25.8 Å². The fourth-order valence-corrected chi connectivity index (χ4v) is 5.95. The molecule has 1 amide bonds. The van der Waals surface area contributed by atoms with Crippen molar-refractivity contribution < 1.29 is 4.79 Å². The van der Waals surface area contributed by atoms with Crippen LogP contribution in [0.2, 0.25) is 0 Å². The maximum absolute atomic E-state index is 12.5. The Bertz CT molecular complexity index is 1230. The Labute approximate surface area is 219 Å². The maximum Gasteiger partial charge on any atom is 0.241 e. The van der Waals surface area contributed by atoms with Gasteiger partial charge in [0.05, 0.1) is 6.20 Å². The number of nitrogens with zero attached hydrogens (tertiary/aromatic N) is 5. The average molecular weight is 500 g/mol. The number of primary amides is 1. The lowest BCUT2D eigenvalue weighted by Gasteiger charge is -2.43. The van der Waals surface area contributed by atoms with Gasteiger partial charge in [0.2, 0.25) is 5.91 Å². The molecule has 0 bridgehead atoms. The smallest absolute Gasteiger partial charge is 0.241 e. The first-order valence-electron chi connectivity index (χ1n) is 13.2. The van der Waals surface area contributed by atoms with Crippen molar-refractivity contribution in [3.63, 3.8) is 0 Å². The van der Waals surface area contributed by atoms with Crippen LogP contribution in [0.1, 0.15) is 29.5 Å². The van der Waals surface area contributed by atoms with Crippen LogP contribution in [0.15, 0.2) is 55.0 Å². The van der Waals surface area contributed by atoms with Crippen LogP contribution >= 0.6 is 0 Å². The summed E-state index contributed by atoms with van der Waals surface area (Å²) < 4.78 is 0. The molecule has 0 unspecified atom stereocenters. The highest BCUT2D eigenvalue weighted by atomic mass is 16.1. The lowest BCUT2D eigenvalue weighted by atomic mass is 9.97. The molecule has 2 aliphatic rings. The monoisotopic (exact) mass is 499 g/mol. The molecule has 0 radical (unpaired) electrons. The number of anilines is 4. The first kappa shape index (κ1) is 24.9. The zero-order valence-electron chi connectivity index (χ0n) is 22.0. The molecular weight excluding hydrogens is 462 g/mol. The topological polar surface area (TPSA) is 90.6 Å². The minimum Gasteiger partial charge on any atom is -0.382 e. The van der Waals surface area contributed by atoms with Gasteiger partial charge < -0.3 is 25.8 Å². The van der Waals surface area contributed by atoms with Crippen LogP contribution in [0, 0.1) is 20.8 Å². The number of piperidine rings is 1. The third kappa shape index (κ3) is 5.19. The molecule has 8 nitrogen and oxygen atoms in total. The Morgan fingerprint density at radius 3 is 2.41 bits per heavy atom. The predicted molar refractivity (Wildman–Crippen MR) is 151 cm³/mol. The molecule has 0 aliphatic carbocycles. The number of hydrogen-bond acceptors (Lipinski definition) is 7. The van der Waals surface area contributed by atoms with E-state index in [0.717, 1.165) is 50.5 Å². The first-order chi connectivity index (χ1) is 17.9. The number of piperazine rings is 1. The molecule has 2 aliphatic heterocycles. The van der Waals surface area contributed by atoms with Gasteiger partial charge in [0.15, 0.2) is 0 Å². The SMILES string of the molecule is Cc1cc(C)c(N2CCN(c3ccccc3)[C@H](C(N)=O)C2)c(C)c1NC1CCN(c2cnccn2)CC1. The van der Waals surface area contributed by atoms with Crippen LogP contribution in [0.3, 0.4) is 0 Å². The third-order valence-electron chi connectivity index (χ3n) is 7.76. The Balaban J connectivity index is 1.33. The normalized spacial score (nSPS) is 18.7. The lowest BCUT2D eigenvalue weighted by Crippen LogP contribution is -2.58. The highest BCUT2D eigenvalue weighted by molar-refractivity contribution is 5.85. The van der Waals surface area contributed by atoms with E-state index in [1.807, 2.05) is 36.5 Å². The van der Waals surface area contributed by atoms with E-state index in [2.05, 4.69) is 56.8 Å². The molecule has 3 N–H and O–H groups in total. The third-order valence-corrected chi connectivity index (χ3v) is 7.76. The highest BCUT2D eigenvalue weighted by Crippen LogP contribution is 2.36. The highest BCUT2D eigenvalue weighted by Gasteiger charge is 2.33. The number of carbonyl (C=O) groups is 1. The summed E-state index contributed by atoms with van der Waals surface area (Å²) in [6.45, 7) is 10.6. The van der Waals surface area contributed by atoms with E-state index >= 15 is 0 Å². The molecule has 2 fully saturated rings. The molecule has 194 valence electrons. The number of nitrogens with one attached hydrogen (secondary N) is 1. The number of para-hydroxylation sites is 1. The number of nitrogens with two attached hydrogens (primary N) is 1. The van der Waals surface area contributed by atoms with Crippen molar-refractivity contribution in [2.45, 2.75) is 45.7 Å². The van der Waals surface area contributed by atoms with Crippen LogP contribution in [0.25, 0.3) is 0 Å². The number of aryl methyl sites for hydroxylation is 2. The standard InChI is InChI=1S/C29H37N7O/c1-20-17-21(2)28(35-15-16-36(25(19-35)29(30)37)24-7-5-4-6-8-24)22(3)27(20)33-23-9-13-34(14-10-23)26-18-31-11-12-32-26/h4-8,11-12,17-18,23,25,33H,9-10,13-16,19H2,1-3H3,(H2,30,37)/t25-/m0/s1. The fraction of sp³-hybridized carbons (Fsp3) is 0.414. The summed E-state index contributed by atoms with van der Waals surface area (Å²) in [5.74, 6) is 0.661. The lowest BCUT2D eigenvalue weighted by molar-refractivity contribution is -0.119. The van der Waals surface area contributed by atoms with E-state index < -0.39 is 0 Å². The summed E-state index contributed by atoms with van der Waals surface area (Å²) in [5, 5.41) is 3.87. The number of benzene rings is 2. The van der Waals surface area contributed by atoms with E-state index in [4.69, 9.17) is 5.73 Å². The van der Waals surface area contributed by atoms with Gasteiger partial charge in [-0.1, -0.05) is 24.3 Å². The molecule has 2 aromatic carbocycles. The second-order valence-corrected chi connectivity index (χ2v) is 10.2. The molecular formula is C29H37N7O. The van der Waals surface area contributed by atoms with E-state index in [1.165, 1.54) is 28.1 Å². The largest absolute Gasteiger partial charge is 0.382 e. The first-order valence-corrected chi connectivity index (χ1v) is 13.2. The number of hydrogen-bond donors (Lipinski definition) is 2. The molecule has 5 rings (SSSR count). The summed E-state index contributed by atoms with van der Waals surface area (Å²) in [5.41, 5.74) is 13.1. The Hall–Kier alpha value is -3.81. The van der Waals surface area contributed by atoms with Gasteiger partial charge in [-0.2, -0.15) is 0 Å². The molecule has 1 atom stereocenters. The molecule has 0 spiro atoms. The van der Waals surface area contributed by atoms with E-state index in [-0.39, 0.29) is 11.9 Å². The molecule has 3 aromatic rings. The van der Waals surface area contributed by atoms with Crippen molar-refractivity contribution in [3.05, 3.63) is 71.7 Å². The summed E-state index contributed by atoms with van der Waals surface area (Å²) in [4.78, 5) is 28.0. The molecule has 37 heavy (non-hydrogen) atoms. The average Bonchev–Trinajstić information content (AvgIpc) is 2.92. The molecule has 0 saturated carbocycles. The van der Waals surface area contributed by atoms with E-state index in [9.17, 15) is 4.79 Å². The van der Waals surface area contributed by atoms with Crippen LogP contribution in [-0.4, -0.2) is 60.7 Å². The van der Waals surface area contributed by atoms with Crippen LogP contribution in [0.5, 0.6) is 0 Å². The Morgan fingerprint density at radius 2 is 1.73 bits per heavy atom. The summed E-state index contributed by atoms with van der Waals surface area (Å²) in [6.07, 6.45) is 7.38. The number of carbonyl (C=O) groups excluding carboxylic acids is 1. The maximum atomic E-state index is 12.5. The molecule has 1 aromatic heterocycles. The number of rotatable bonds is 6. The molecule has 3 heterocycles. The minimum absolute atomic E-state index is 0.288. The molecule has 8 heteroatoms. The van der Waals surface area contributed by atoms with Crippen molar-refractivity contribution in [1.29, 1.82) is 0 Å². The van der Waals surface area contributed by atoms with Gasteiger partial charge in [-0.15, -0.1) is 0 Å². The zero-order chi connectivity index (χ0) is 25.9. The second kappa shape index (κ2) is 10.7. The van der Waals surface area contributed by atoms with Gasteiger partial charge in [0.25, 0.3) is 0 Å². The molecule has 2 saturated heterocycles. The number of amides is 1.